The normalized spacial score (nSPS) is 15.0. The number of anilines is 1. The summed E-state index contributed by atoms with van der Waals surface area (Å²) in [7, 11) is 0. The fraction of sp³-hybridized carbons (Fsp3) is 0.353. The predicted molar refractivity (Wildman–Crippen MR) is 98.8 cm³/mol. The van der Waals surface area contributed by atoms with E-state index in [1.165, 1.54) is 6.42 Å². The number of para-hydroxylation sites is 1. The van der Waals surface area contributed by atoms with Crippen LogP contribution in [0.15, 0.2) is 24.3 Å². The van der Waals surface area contributed by atoms with Crippen molar-refractivity contribution >= 4 is 52.3 Å². The van der Waals surface area contributed by atoms with Gasteiger partial charge in [-0.15, -0.1) is 0 Å². The van der Waals surface area contributed by atoms with E-state index >= 15 is 0 Å². The Morgan fingerprint density at radius 2 is 1.88 bits per heavy atom. The lowest BCUT2D eigenvalue weighted by atomic mass is 9.98. The molecule has 1 aliphatic rings. The van der Waals surface area contributed by atoms with Gasteiger partial charge in [-0.05, 0) is 49.3 Å². The molecular formula is C17H16Cl2N2O3S. The molecule has 132 valence electrons. The lowest BCUT2D eigenvalue weighted by Gasteiger charge is -2.22. The molecule has 1 N–H and O–H groups in total. The van der Waals surface area contributed by atoms with Gasteiger partial charge >= 0.3 is 5.97 Å². The fourth-order valence-electron chi connectivity index (χ4n) is 2.75. The Balaban J connectivity index is 1.75. The Hall–Kier alpha value is -1.63. The number of aromatic nitrogens is 1. The number of hydrogen-bond donors (Lipinski definition) is 1. The van der Waals surface area contributed by atoms with Gasteiger partial charge in [0.05, 0.1) is 11.3 Å². The number of carbonyl (C=O) groups is 2. The lowest BCUT2D eigenvalue weighted by molar-refractivity contribution is 0.0212. The van der Waals surface area contributed by atoms with E-state index in [0.717, 1.165) is 37.2 Å². The summed E-state index contributed by atoms with van der Waals surface area (Å²) in [5.74, 6) is -0.899. The number of esters is 1. The van der Waals surface area contributed by atoms with Crippen LogP contribution in [0.4, 0.5) is 5.69 Å². The Morgan fingerprint density at radius 1 is 1.16 bits per heavy atom. The van der Waals surface area contributed by atoms with Crippen molar-refractivity contribution in [3.8, 4) is 0 Å². The molecule has 0 saturated heterocycles. The van der Waals surface area contributed by atoms with Crippen LogP contribution in [0.2, 0.25) is 10.2 Å². The number of carbonyl (C=O) groups excluding carboxylic acids is 2. The predicted octanol–water partition coefficient (Wildman–Crippen LogP) is 5.19. The zero-order valence-corrected chi connectivity index (χ0v) is 15.6. The second-order valence-corrected chi connectivity index (χ2v) is 7.29. The number of amides is 1. The monoisotopic (exact) mass is 398 g/mol. The number of ether oxygens (including phenoxy) is 1. The average molecular weight is 399 g/mol. The van der Waals surface area contributed by atoms with Crippen LogP contribution in [-0.4, -0.2) is 22.4 Å². The minimum absolute atomic E-state index is 0.0558. The number of nitrogens with one attached hydrogen (secondary N) is 1. The van der Waals surface area contributed by atoms with Crippen molar-refractivity contribution in [2.45, 2.75) is 38.2 Å². The molecule has 8 heteroatoms. The first-order valence-electron chi connectivity index (χ1n) is 7.98. The maximum Gasteiger partial charge on any atom is 0.340 e. The van der Waals surface area contributed by atoms with Crippen LogP contribution in [-0.2, 0) is 4.74 Å². The van der Waals surface area contributed by atoms with Crippen LogP contribution < -0.4 is 5.32 Å². The maximum atomic E-state index is 12.5. The average Bonchev–Trinajstić information content (AvgIpc) is 2.95. The third-order valence-corrected chi connectivity index (χ3v) is 5.82. The van der Waals surface area contributed by atoms with Gasteiger partial charge in [0.1, 0.15) is 16.0 Å². The number of rotatable bonds is 4. The van der Waals surface area contributed by atoms with E-state index in [9.17, 15) is 9.59 Å². The van der Waals surface area contributed by atoms with Gasteiger partial charge in [0, 0.05) is 0 Å². The maximum absolute atomic E-state index is 12.5. The summed E-state index contributed by atoms with van der Waals surface area (Å²) in [6.45, 7) is 0. The van der Waals surface area contributed by atoms with Gasteiger partial charge in [0.2, 0.25) is 0 Å². The molecule has 0 unspecified atom stereocenters. The van der Waals surface area contributed by atoms with E-state index in [0.29, 0.717) is 11.3 Å². The van der Waals surface area contributed by atoms with Gasteiger partial charge < -0.3 is 10.1 Å². The molecule has 0 spiro atoms. The summed E-state index contributed by atoms with van der Waals surface area (Å²) in [4.78, 5) is 25.1. The fourth-order valence-corrected chi connectivity index (χ4v) is 3.86. The first-order valence-corrected chi connectivity index (χ1v) is 9.51. The van der Waals surface area contributed by atoms with Gasteiger partial charge in [-0.1, -0.05) is 41.8 Å². The molecule has 25 heavy (non-hydrogen) atoms. The number of halogens is 2. The summed E-state index contributed by atoms with van der Waals surface area (Å²) in [5, 5.41) is 2.87. The smallest absolute Gasteiger partial charge is 0.340 e. The molecule has 1 amide bonds. The first-order chi connectivity index (χ1) is 12.1. The van der Waals surface area contributed by atoms with Crippen molar-refractivity contribution in [3.63, 3.8) is 0 Å². The van der Waals surface area contributed by atoms with E-state index in [-0.39, 0.29) is 21.2 Å². The Morgan fingerprint density at radius 3 is 2.56 bits per heavy atom. The van der Waals surface area contributed by atoms with Crippen LogP contribution in [0.3, 0.4) is 0 Å². The molecule has 1 aliphatic carbocycles. The van der Waals surface area contributed by atoms with Crippen molar-refractivity contribution < 1.29 is 14.3 Å². The topological polar surface area (TPSA) is 68.3 Å². The highest BCUT2D eigenvalue weighted by Crippen LogP contribution is 2.30. The minimum atomic E-state index is -0.465. The third kappa shape index (κ3) is 4.32. The Labute approximate surface area is 159 Å². The summed E-state index contributed by atoms with van der Waals surface area (Å²) in [6, 6.07) is 6.73. The van der Waals surface area contributed by atoms with Crippen LogP contribution in [0.1, 0.15) is 52.1 Å². The number of hydrogen-bond acceptors (Lipinski definition) is 5. The number of benzene rings is 1. The van der Waals surface area contributed by atoms with Crippen molar-refractivity contribution in [1.29, 1.82) is 0 Å². The molecule has 0 radical (unpaired) electrons. The van der Waals surface area contributed by atoms with Crippen molar-refractivity contribution in [1.82, 2.24) is 4.37 Å². The Kier molecular flexibility index (Phi) is 5.93. The van der Waals surface area contributed by atoms with Crippen molar-refractivity contribution in [2.75, 3.05) is 5.32 Å². The van der Waals surface area contributed by atoms with Gasteiger partial charge in [-0.3, -0.25) is 4.79 Å². The van der Waals surface area contributed by atoms with Gasteiger partial charge in [0.15, 0.2) is 5.15 Å². The standard InChI is InChI=1S/C17H16Cl2N2O3S/c18-13-14(25-21-15(13)19)16(22)20-12-9-5-4-8-11(12)17(23)24-10-6-2-1-3-7-10/h4-5,8-10H,1-3,6-7H2,(H,20,22). The van der Waals surface area contributed by atoms with Gasteiger partial charge in [-0.2, -0.15) is 4.37 Å². The van der Waals surface area contributed by atoms with Crippen molar-refractivity contribution in [2.24, 2.45) is 0 Å². The Bertz CT molecular complexity index is 788. The highest BCUT2D eigenvalue weighted by atomic mass is 35.5. The molecule has 0 aliphatic heterocycles. The molecular weight excluding hydrogens is 383 g/mol. The minimum Gasteiger partial charge on any atom is -0.459 e. The SMILES string of the molecule is O=C(OC1CCCCC1)c1ccccc1NC(=O)c1snc(Cl)c1Cl. The summed E-state index contributed by atoms with van der Waals surface area (Å²) < 4.78 is 9.42. The zero-order chi connectivity index (χ0) is 17.8. The largest absolute Gasteiger partial charge is 0.459 e. The molecule has 0 bridgehead atoms. The number of nitrogens with zero attached hydrogens (tertiary/aromatic N) is 1. The van der Waals surface area contributed by atoms with E-state index in [1.807, 2.05) is 0 Å². The van der Waals surface area contributed by atoms with Gasteiger partial charge in [-0.25, -0.2) is 4.79 Å². The molecule has 0 atom stereocenters. The van der Waals surface area contributed by atoms with Crippen molar-refractivity contribution in [3.05, 3.63) is 44.9 Å². The molecule has 1 aromatic carbocycles. The highest BCUT2D eigenvalue weighted by Gasteiger charge is 2.23. The van der Waals surface area contributed by atoms with Gasteiger partial charge in [0.25, 0.3) is 5.91 Å². The molecule has 1 saturated carbocycles. The van der Waals surface area contributed by atoms with Crippen LogP contribution in [0, 0.1) is 0 Å². The molecule has 2 aromatic rings. The van der Waals surface area contributed by atoms with E-state index < -0.39 is 11.9 Å². The lowest BCUT2D eigenvalue weighted by Crippen LogP contribution is -2.22. The van der Waals surface area contributed by atoms with Crippen LogP contribution in [0.25, 0.3) is 0 Å². The molecule has 1 fully saturated rings. The molecule has 5 nitrogen and oxygen atoms in total. The van der Waals surface area contributed by atoms with Crippen LogP contribution >= 0.6 is 34.7 Å². The molecule has 1 aromatic heterocycles. The second-order valence-electron chi connectivity index (χ2n) is 5.78. The second kappa shape index (κ2) is 8.17. The quantitative estimate of drug-likeness (QED) is 0.719. The summed E-state index contributed by atoms with van der Waals surface area (Å²) >= 11 is 12.6. The highest BCUT2D eigenvalue weighted by molar-refractivity contribution is 7.09. The molecule has 1 heterocycles. The molecule has 3 rings (SSSR count). The summed E-state index contributed by atoms with van der Waals surface area (Å²) in [5.41, 5.74) is 0.682. The van der Waals surface area contributed by atoms with E-state index in [4.69, 9.17) is 27.9 Å². The first kappa shape index (κ1) is 18.2. The van der Waals surface area contributed by atoms with E-state index in [1.54, 1.807) is 24.3 Å². The zero-order valence-electron chi connectivity index (χ0n) is 13.3. The van der Waals surface area contributed by atoms with Crippen LogP contribution in [0.5, 0.6) is 0 Å². The third-order valence-electron chi connectivity index (χ3n) is 4.02. The summed E-state index contributed by atoms with van der Waals surface area (Å²) in [6.07, 6.45) is 5.03. The van der Waals surface area contributed by atoms with E-state index in [2.05, 4.69) is 9.69 Å².